The van der Waals surface area contributed by atoms with Crippen LogP contribution in [0.15, 0.2) is 29.3 Å². The number of nitrogens with zero attached hydrogens (tertiary/aromatic N) is 4. The standard InChI is InChI=1S/C21H30FN7O/c1-5-25-20(27-14-21(2,3)30-4)26-12-6-7-18-17(13-23)19(24)29(28-18)16-10-8-15(22)9-11-16/h8-11H,5-7,12,14,24H2,1-4H3,(H2,25,26,27). The van der Waals surface area contributed by atoms with Crippen molar-refractivity contribution in [2.75, 3.05) is 32.5 Å². The lowest BCUT2D eigenvalue weighted by Crippen LogP contribution is -2.39. The van der Waals surface area contributed by atoms with E-state index < -0.39 is 0 Å². The highest BCUT2D eigenvalue weighted by Gasteiger charge is 2.17. The van der Waals surface area contributed by atoms with E-state index in [0.717, 1.165) is 13.0 Å². The summed E-state index contributed by atoms with van der Waals surface area (Å²) in [5.41, 5.74) is 7.33. The molecule has 0 unspecified atom stereocenters. The Hall–Kier alpha value is -3.12. The highest BCUT2D eigenvalue weighted by molar-refractivity contribution is 5.79. The van der Waals surface area contributed by atoms with Gasteiger partial charge >= 0.3 is 0 Å². The second-order valence-corrected chi connectivity index (χ2v) is 7.40. The number of anilines is 1. The summed E-state index contributed by atoms with van der Waals surface area (Å²) >= 11 is 0. The fraction of sp³-hybridized carbons (Fsp3) is 0.476. The van der Waals surface area contributed by atoms with Crippen LogP contribution in [-0.2, 0) is 11.2 Å². The first-order chi connectivity index (χ1) is 14.3. The van der Waals surface area contributed by atoms with Crippen LogP contribution in [0, 0.1) is 17.1 Å². The predicted octanol–water partition coefficient (Wildman–Crippen LogP) is 2.38. The number of aryl methyl sites for hydroxylation is 1. The normalized spacial score (nSPS) is 11.9. The molecule has 2 aromatic rings. The van der Waals surface area contributed by atoms with Crippen molar-refractivity contribution in [1.82, 2.24) is 20.4 Å². The van der Waals surface area contributed by atoms with Crippen molar-refractivity contribution in [1.29, 1.82) is 5.26 Å². The molecule has 1 aromatic heterocycles. The van der Waals surface area contributed by atoms with Gasteiger partial charge in [-0.3, -0.25) is 4.99 Å². The van der Waals surface area contributed by atoms with Crippen molar-refractivity contribution >= 4 is 11.8 Å². The van der Waals surface area contributed by atoms with Gasteiger partial charge in [-0.15, -0.1) is 0 Å². The first kappa shape index (κ1) is 23.2. The second kappa shape index (κ2) is 10.6. The molecular weight excluding hydrogens is 385 g/mol. The smallest absolute Gasteiger partial charge is 0.191 e. The second-order valence-electron chi connectivity index (χ2n) is 7.40. The lowest BCUT2D eigenvalue weighted by atomic mass is 10.1. The monoisotopic (exact) mass is 415 g/mol. The molecule has 1 heterocycles. The Bertz CT molecular complexity index is 897. The van der Waals surface area contributed by atoms with E-state index in [0.29, 0.717) is 42.4 Å². The lowest BCUT2D eigenvalue weighted by Gasteiger charge is -2.21. The molecule has 0 fully saturated rings. The maximum Gasteiger partial charge on any atom is 0.191 e. The topological polar surface area (TPSA) is 113 Å². The number of halogens is 1. The molecule has 8 nitrogen and oxygen atoms in total. The van der Waals surface area contributed by atoms with Crippen LogP contribution in [0.5, 0.6) is 0 Å². The first-order valence-electron chi connectivity index (χ1n) is 9.92. The minimum Gasteiger partial charge on any atom is -0.382 e. The summed E-state index contributed by atoms with van der Waals surface area (Å²) in [6.07, 6.45) is 1.30. The van der Waals surface area contributed by atoms with E-state index >= 15 is 0 Å². The summed E-state index contributed by atoms with van der Waals surface area (Å²) in [7, 11) is 1.67. The molecule has 0 spiro atoms. The zero-order valence-electron chi connectivity index (χ0n) is 18.0. The van der Waals surface area contributed by atoms with E-state index in [1.165, 1.54) is 16.8 Å². The molecule has 0 atom stereocenters. The van der Waals surface area contributed by atoms with Crippen molar-refractivity contribution in [2.24, 2.45) is 4.99 Å². The van der Waals surface area contributed by atoms with Crippen LogP contribution in [0.3, 0.4) is 0 Å². The number of methoxy groups -OCH3 is 1. The molecule has 9 heteroatoms. The Morgan fingerprint density at radius 1 is 1.33 bits per heavy atom. The Kier molecular flexibility index (Phi) is 8.18. The number of aromatic nitrogens is 2. The quantitative estimate of drug-likeness (QED) is 0.329. The fourth-order valence-corrected chi connectivity index (χ4v) is 2.69. The summed E-state index contributed by atoms with van der Waals surface area (Å²) < 4.78 is 20.0. The third-order valence-electron chi connectivity index (χ3n) is 4.57. The van der Waals surface area contributed by atoms with Gasteiger partial charge in [0.05, 0.1) is 23.5 Å². The van der Waals surface area contributed by atoms with E-state index in [9.17, 15) is 9.65 Å². The molecule has 30 heavy (non-hydrogen) atoms. The van der Waals surface area contributed by atoms with Gasteiger partial charge in [0.25, 0.3) is 0 Å². The molecule has 1 aromatic carbocycles. The van der Waals surface area contributed by atoms with Crippen molar-refractivity contribution in [3.63, 3.8) is 0 Å². The van der Waals surface area contributed by atoms with Crippen molar-refractivity contribution in [2.45, 2.75) is 39.2 Å². The van der Waals surface area contributed by atoms with Gasteiger partial charge in [-0.05, 0) is 57.9 Å². The molecule has 0 bridgehead atoms. The molecule has 4 N–H and O–H groups in total. The van der Waals surface area contributed by atoms with Gasteiger partial charge in [-0.1, -0.05) is 0 Å². The van der Waals surface area contributed by atoms with Gasteiger partial charge in [0.1, 0.15) is 23.3 Å². The number of nitriles is 1. The molecule has 0 aliphatic heterocycles. The summed E-state index contributed by atoms with van der Waals surface area (Å²) in [5.74, 6) is 0.617. The SMILES string of the molecule is CCNC(=NCC(C)(C)OC)NCCCc1nn(-c2ccc(F)cc2)c(N)c1C#N. The average Bonchev–Trinajstić information content (AvgIpc) is 3.05. The summed E-state index contributed by atoms with van der Waals surface area (Å²) in [5, 5.41) is 20.4. The number of rotatable bonds is 9. The molecule has 162 valence electrons. The van der Waals surface area contributed by atoms with Crippen LogP contribution in [0.25, 0.3) is 5.69 Å². The maximum atomic E-state index is 13.2. The molecule has 0 aliphatic carbocycles. The highest BCUT2D eigenvalue weighted by atomic mass is 19.1. The van der Waals surface area contributed by atoms with Crippen molar-refractivity contribution < 1.29 is 9.13 Å². The number of nitrogens with one attached hydrogen (secondary N) is 2. The number of hydrogen-bond acceptors (Lipinski definition) is 5. The van der Waals surface area contributed by atoms with Gasteiger partial charge in [-0.2, -0.15) is 10.4 Å². The number of hydrogen-bond donors (Lipinski definition) is 3. The van der Waals surface area contributed by atoms with E-state index in [1.807, 2.05) is 20.8 Å². The number of ether oxygens (including phenoxy) is 1. The van der Waals surface area contributed by atoms with Gasteiger partial charge in [0.2, 0.25) is 0 Å². The van der Waals surface area contributed by atoms with E-state index in [-0.39, 0.29) is 17.2 Å². The highest BCUT2D eigenvalue weighted by Crippen LogP contribution is 2.21. The Morgan fingerprint density at radius 3 is 2.63 bits per heavy atom. The molecule has 0 saturated heterocycles. The minimum atomic E-state index is -0.344. The van der Waals surface area contributed by atoms with E-state index in [1.54, 1.807) is 19.2 Å². The van der Waals surface area contributed by atoms with Gasteiger partial charge in [-0.25, -0.2) is 9.07 Å². The maximum absolute atomic E-state index is 13.2. The van der Waals surface area contributed by atoms with Crippen LogP contribution in [0.1, 0.15) is 38.4 Å². The van der Waals surface area contributed by atoms with Crippen molar-refractivity contribution in [3.8, 4) is 11.8 Å². The van der Waals surface area contributed by atoms with Crippen LogP contribution >= 0.6 is 0 Å². The largest absolute Gasteiger partial charge is 0.382 e. The predicted molar refractivity (Wildman–Crippen MR) is 116 cm³/mol. The van der Waals surface area contributed by atoms with Crippen molar-refractivity contribution in [3.05, 3.63) is 41.3 Å². The van der Waals surface area contributed by atoms with E-state index in [2.05, 4.69) is 26.8 Å². The molecule has 0 aliphatic rings. The average molecular weight is 416 g/mol. The third kappa shape index (κ3) is 6.19. The molecule has 2 rings (SSSR count). The number of aliphatic imine (C=N–C) groups is 1. The molecule has 0 radical (unpaired) electrons. The number of benzene rings is 1. The summed E-state index contributed by atoms with van der Waals surface area (Å²) in [4.78, 5) is 4.55. The summed E-state index contributed by atoms with van der Waals surface area (Å²) in [6.45, 7) is 7.87. The molecular formula is C21H30FN7O. The zero-order valence-corrected chi connectivity index (χ0v) is 18.0. The number of nitrogens with two attached hydrogens (primary N) is 1. The van der Waals surface area contributed by atoms with Crippen LogP contribution in [0.2, 0.25) is 0 Å². The minimum absolute atomic E-state index is 0.253. The third-order valence-corrected chi connectivity index (χ3v) is 4.57. The summed E-state index contributed by atoms with van der Waals surface area (Å²) in [6, 6.07) is 7.94. The van der Waals surface area contributed by atoms with Gasteiger partial charge < -0.3 is 21.1 Å². The van der Waals surface area contributed by atoms with E-state index in [4.69, 9.17) is 10.5 Å². The first-order valence-corrected chi connectivity index (χ1v) is 9.92. The Morgan fingerprint density at radius 2 is 2.03 bits per heavy atom. The number of guanidine groups is 1. The van der Waals surface area contributed by atoms with Gasteiger partial charge in [0, 0.05) is 20.2 Å². The Balaban J connectivity index is 2.01. The zero-order chi connectivity index (χ0) is 22.1. The lowest BCUT2D eigenvalue weighted by molar-refractivity contribution is 0.0310. The van der Waals surface area contributed by atoms with Crippen LogP contribution in [-0.4, -0.2) is 48.1 Å². The van der Waals surface area contributed by atoms with Crippen LogP contribution in [0.4, 0.5) is 10.2 Å². The van der Waals surface area contributed by atoms with Crippen LogP contribution < -0.4 is 16.4 Å². The van der Waals surface area contributed by atoms with Gasteiger partial charge in [0.15, 0.2) is 5.96 Å². The molecule has 0 saturated carbocycles. The molecule has 0 amide bonds. The number of nitrogen functional groups attached to an aromatic ring is 1. The Labute approximate surface area is 176 Å². The fourth-order valence-electron chi connectivity index (χ4n) is 2.69.